The van der Waals surface area contributed by atoms with Gasteiger partial charge in [0.1, 0.15) is 5.69 Å². The zero-order valence-electron chi connectivity index (χ0n) is 10.2. The number of hydrogen-bond donors (Lipinski definition) is 1. The standard InChI is InChI=1S/C15H14N2O/c1-10-4-2-3-5-12(10)15-13-7-6-11(9-16)8-14(13)18-17-15/h2-8H,9,16H2,1H3. The zero-order valence-corrected chi connectivity index (χ0v) is 10.2. The van der Waals surface area contributed by atoms with E-state index in [0.717, 1.165) is 27.8 Å². The lowest BCUT2D eigenvalue weighted by Crippen LogP contribution is -1.94. The molecule has 2 N–H and O–H groups in total. The lowest BCUT2D eigenvalue weighted by molar-refractivity contribution is 0.459. The SMILES string of the molecule is Cc1ccccc1-c1noc2cc(CN)ccc12. The summed E-state index contributed by atoms with van der Waals surface area (Å²) in [6.45, 7) is 2.58. The van der Waals surface area contributed by atoms with Crippen LogP contribution >= 0.6 is 0 Å². The minimum absolute atomic E-state index is 0.510. The minimum Gasteiger partial charge on any atom is -0.356 e. The lowest BCUT2D eigenvalue weighted by Gasteiger charge is -2.01. The summed E-state index contributed by atoms with van der Waals surface area (Å²) in [5, 5.41) is 5.22. The molecule has 3 rings (SSSR count). The molecule has 0 saturated carbocycles. The number of nitrogens with two attached hydrogens (primary N) is 1. The van der Waals surface area contributed by atoms with Gasteiger partial charge in [-0.15, -0.1) is 0 Å². The van der Waals surface area contributed by atoms with Crippen LogP contribution in [0.5, 0.6) is 0 Å². The van der Waals surface area contributed by atoms with Crippen molar-refractivity contribution in [2.75, 3.05) is 0 Å². The highest BCUT2D eigenvalue weighted by Gasteiger charge is 2.12. The molecular weight excluding hydrogens is 224 g/mol. The number of fused-ring (bicyclic) bond motifs is 1. The van der Waals surface area contributed by atoms with Crippen molar-refractivity contribution in [2.45, 2.75) is 13.5 Å². The maximum absolute atomic E-state index is 5.62. The number of benzene rings is 2. The van der Waals surface area contributed by atoms with Crippen LogP contribution in [0.1, 0.15) is 11.1 Å². The van der Waals surface area contributed by atoms with Gasteiger partial charge in [-0.25, -0.2) is 0 Å². The van der Waals surface area contributed by atoms with E-state index < -0.39 is 0 Å². The predicted octanol–water partition coefficient (Wildman–Crippen LogP) is 3.26. The van der Waals surface area contributed by atoms with Crippen molar-refractivity contribution in [1.82, 2.24) is 5.16 Å². The van der Waals surface area contributed by atoms with Crippen LogP contribution in [-0.2, 0) is 6.54 Å². The average molecular weight is 238 g/mol. The van der Waals surface area contributed by atoms with Crippen molar-refractivity contribution in [2.24, 2.45) is 5.73 Å². The second-order valence-corrected chi connectivity index (χ2v) is 4.38. The van der Waals surface area contributed by atoms with Crippen LogP contribution in [0.25, 0.3) is 22.2 Å². The van der Waals surface area contributed by atoms with Crippen molar-refractivity contribution >= 4 is 11.0 Å². The van der Waals surface area contributed by atoms with Crippen LogP contribution in [0, 0.1) is 6.92 Å². The van der Waals surface area contributed by atoms with Gasteiger partial charge in [0.05, 0.1) is 0 Å². The molecule has 0 aliphatic rings. The first kappa shape index (κ1) is 11.0. The van der Waals surface area contributed by atoms with Crippen molar-refractivity contribution in [3.8, 4) is 11.3 Å². The molecule has 0 amide bonds. The molecular formula is C15H14N2O. The van der Waals surface area contributed by atoms with Crippen molar-refractivity contribution in [1.29, 1.82) is 0 Å². The predicted molar refractivity (Wildman–Crippen MR) is 72.1 cm³/mol. The zero-order chi connectivity index (χ0) is 12.5. The number of rotatable bonds is 2. The summed E-state index contributed by atoms with van der Waals surface area (Å²) in [6, 6.07) is 14.2. The number of nitrogens with zero attached hydrogens (tertiary/aromatic N) is 1. The Hall–Kier alpha value is -2.13. The van der Waals surface area contributed by atoms with Crippen LogP contribution < -0.4 is 5.73 Å². The Morgan fingerprint density at radius 1 is 1.17 bits per heavy atom. The molecule has 0 saturated heterocycles. The fourth-order valence-corrected chi connectivity index (χ4v) is 2.14. The van der Waals surface area contributed by atoms with Gasteiger partial charge in [-0.05, 0) is 30.2 Å². The van der Waals surface area contributed by atoms with Crippen LogP contribution in [0.2, 0.25) is 0 Å². The van der Waals surface area contributed by atoms with Crippen LogP contribution in [-0.4, -0.2) is 5.16 Å². The molecule has 3 aromatic rings. The van der Waals surface area contributed by atoms with E-state index in [2.05, 4.69) is 24.2 Å². The first-order valence-corrected chi connectivity index (χ1v) is 5.94. The Labute approximate surface area is 105 Å². The summed E-state index contributed by atoms with van der Waals surface area (Å²) >= 11 is 0. The summed E-state index contributed by atoms with van der Waals surface area (Å²) in [5.41, 5.74) is 10.7. The van der Waals surface area contributed by atoms with Gasteiger partial charge in [0, 0.05) is 17.5 Å². The van der Waals surface area contributed by atoms with Gasteiger partial charge < -0.3 is 10.3 Å². The molecule has 1 heterocycles. The van der Waals surface area contributed by atoms with Gasteiger partial charge >= 0.3 is 0 Å². The smallest absolute Gasteiger partial charge is 0.167 e. The van der Waals surface area contributed by atoms with E-state index >= 15 is 0 Å². The maximum atomic E-state index is 5.62. The summed E-state index contributed by atoms with van der Waals surface area (Å²) in [4.78, 5) is 0. The van der Waals surface area contributed by atoms with E-state index in [0.29, 0.717) is 6.54 Å². The first-order valence-electron chi connectivity index (χ1n) is 5.94. The Morgan fingerprint density at radius 2 is 2.00 bits per heavy atom. The number of aromatic nitrogens is 1. The molecule has 1 aromatic heterocycles. The molecule has 0 bridgehead atoms. The monoisotopic (exact) mass is 238 g/mol. The average Bonchev–Trinajstić information content (AvgIpc) is 2.82. The molecule has 0 atom stereocenters. The third-order valence-electron chi connectivity index (χ3n) is 3.17. The number of aryl methyl sites for hydroxylation is 1. The van der Waals surface area contributed by atoms with Gasteiger partial charge in [-0.1, -0.05) is 35.5 Å². The van der Waals surface area contributed by atoms with E-state index in [4.69, 9.17) is 10.3 Å². The van der Waals surface area contributed by atoms with Gasteiger partial charge in [0.2, 0.25) is 0 Å². The fraction of sp³-hybridized carbons (Fsp3) is 0.133. The highest BCUT2D eigenvalue weighted by atomic mass is 16.5. The quantitative estimate of drug-likeness (QED) is 0.745. The highest BCUT2D eigenvalue weighted by molar-refractivity contribution is 5.92. The largest absolute Gasteiger partial charge is 0.356 e. The molecule has 3 heteroatoms. The van der Waals surface area contributed by atoms with E-state index in [-0.39, 0.29) is 0 Å². The molecule has 0 aliphatic carbocycles. The second-order valence-electron chi connectivity index (χ2n) is 4.38. The van der Waals surface area contributed by atoms with Crippen molar-refractivity contribution in [3.63, 3.8) is 0 Å². The maximum Gasteiger partial charge on any atom is 0.167 e. The molecule has 3 nitrogen and oxygen atoms in total. The van der Waals surface area contributed by atoms with Crippen LogP contribution in [0.3, 0.4) is 0 Å². The Kier molecular flexibility index (Phi) is 2.61. The molecule has 0 fully saturated rings. The minimum atomic E-state index is 0.510. The van der Waals surface area contributed by atoms with E-state index in [1.54, 1.807) is 0 Å². The summed E-state index contributed by atoms with van der Waals surface area (Å²) in [6.07, 6.45) is 0. The summed E-state index contributed by atoms with van der Waals surface area (Å²) < 4.78 is 5.40. The third-order valence-corrected chi connectivity index (χ3v) is 3.17. The van der Waals surface area contributed by atoms with Gasteiger partial charge in [-0.3, -0.25) is 0 Å². The normalized spacial score (nSPS) is 11.0. The first-order chi connectivity index (χ1) is 8.79. The third kappa shape index (κ3) is 1.69. The molecule has 0 spiro atoms. The Morgan fingerprint density at radius 3 is 2.78 bits per heavy atom. The molecule has 18 heavy (non-hydrogen) atoms. The Balaban J connectivity index is 2.22. The summed E-state index contributed by atoms with van der Waals surface area (Å²) in [5.74, 6) is 0. The Bertz CT molecular complexity index is 701. The molecule has 90 valence electrons. The lowest BCUT2D eigenvalue weighted by atomic mass is 10.0. The van der Waals surface area contributed by atoms with Crippen LogP contribution in [0.15, 0.2) is 47.0 Å². The molecule has 2 aromatic carbocycles. The van der Waals surface area contributed by atoms with Crippen molar-refractivity contribution < 1.29 is 4.52 Å². The second kappa shape index (κ2) is 4.27. The summed E-state index contributed by atoms with van der Waals surface area (Å²) in [7, 11) is 0. The molecule has 0 aliphatic heterocycles. The fourth-order valence-electron chi connectivity index (χ4n) is 2.14. The topological polar surface area (TPSA) is 52.0 Å². The highest BCUT2D eigenvalue weighted by Crippen LogP contribution is 2.30. The van der Waals surface area contributed by atoms with Gasteiger partial charge in [0.25, 0.3) is 0 Å². The van der Waals surface area contributed by atoms with Gasteiger partial charge in [-0.2, -0.15) is 0 Å². The molecule has 0 radical (unpaired) electrons. The number of hydrogen-bond acceptors (Lipinski definition) is 3. The van der Waals surface area contributed by atoms with Crippen molar-refractivity contribution in [3.05, 3.63) is 53.6 Å². The van der Waals surface area contributed by atoms with Crippen LogP contribution in [0.4, 0.5) is 0 Å². The van der Waals surface area contributed by atoms with E-state index in [1.165, 1.54) is 5.56 Å². The van der Waals surface area contributed by atoms with Gasteiger partial charge in [0.15, 0.2) is 5.58 Å². The van der Waals surface area contributed by atoms with E-state index in [9.17, 15) is 0 Å². The molecule has 0 unspecified atom stereocenters. The van der Waals surface area contributed by atoms with E-state index in [1.807, 2.05) is 30.3 Å².